The van der Waals surface area contributed by atoms with Crippen LogP contribution in [0.1, 0.15) is 78.1 Å². The van der Waals surface area contributed by atoms with Crippen molar-refractivity contribution in [3.8, 4) is 0 Å². The van der Waals surface area contributed by atoms with Gasteiger partial charge in [0.15, 0.2) is 0 Å². The molecule has 0 amide bonds. The Morgan fingerprint density at radius 2 is 0.789 bits per heavy atom. The van der Waals surface area contributed by atoms with E-state index in [1.165, 1.54) is 64.2 Å². The van der Waals surface area contributed by atoms with E-state index in [1.54, 1.807) is 21.3 Å². The summed E-state index contributed by atoms with van der Waals surface area (Å²) in [5.41, 5.74) is 0. The molecule has 0 aliphatic carbocycles. The third kappa shape index (κ3) is 20.6. The van der Waals surface area contributed by atoms with Crippen LogP contribution in [0.15, 0.2) is 0 Å². The Hall–Kier alpha value is 0.0969. The summed E-state index contributed by atoms with van der Waals surface area (Å²) in [5.74, 6) is 0. The molecule has 19 heavy (non-hydrogen) atoms. The van der Waals surface area contributed by atoms with Crippen LogP contribution in [-0.4, -0.2) is 30.9 Å². The fourth-order valence-corrected chi connectivity index (χ4v) is 2.43. The molecule has 0 aromatic carbocycles. The Morgan fingerprint density at radius 3 is 0.947 bits per heavy atom. The summed E-state index contributed by atoms with van der Waals surface area (Å²) in [6.07, 6.45) is 14.4. The van der Waals surface area contributed by atoms with Gasteiger partial charge in [0.2, 0.25) is 0 Å². The molecule has 0 N–H and O–H groups in total. The molecule has 0 heterocycles. The molecule has 118 valence electrons. The van der Waals surface area contributed by atoms with Gasteiger partial charge in [-0.3, -0.25) is 0 Å². The summed E-state index contributed by atoms with van der Waals surface area (Å²) in [6.45, 7) is 4.56. The Labute approximate surface area is 123 Å². The van der Waals surface area contributed by atoms with Crippen molar-refractivity contribution in [2.45, 2.75) is 78.1 Å². The van der Waals surface area contributed by atoms with Crippen molar-refractivity contribution < 1.29 is 13.3 Å². The maximum atomic E-state index is 4.74. The molecule has 0 aliphatic heterocycles. The highest BCUT2D eigenvalue weighted by Crippen LogP contribution is 2.09. The first-order valence-corrected chi connectivity index (χ1v) is 9.26. The number of unbranched alkanes of at least 4 members (excludes halogenated alkanes) is 9. The van der Waals surface area contributed by atoms with Crippen LogP contribution in [0.2, 0.25) is 0 Å². The fourth-order valence-electron chi connectivity index (χ4n) is 1.85. The van der Waals surface area contributed by atoms with E-state index in [1.807, 2.05) is 0 Å². The minimum atomic E-state index is -1.67. The molecule has 0 aromatic rings. The van der Waals surface area contributed by atoms with Gasteiger partial charge in [-0.2, -0.15) is 0 Å². The lowest BCUT2D eigenvalue weighted by molar-refractivity contribution is 0.163. The fraction of sp³-hybridized carbons (Fsp3) is 1.00. The second-order valence-electron chi connectivity index (χ2n) is 4.82. The largest absolute Gasteiger partial charge is 0.483 e. The predicted octanol–water partition coefficient (Wildman–Crippen LogP) is 4.57. The summed E-state index contributed by atoms with van der Waals surface area (Å²) < 4.78 is 14.2. The van der Waals surface area contributed by atoms with Crippen molar-refractivity contribution in [2.24, 2.45) is 0 Å². The van der Waals surface area contributed by atoms with Gasteiger partial charge in [0.05, 0.1) is 0 Å². The maximum Gasteiger partial charge on any atom is 0.483 e. The minimum Gasteiger partial charge on any atom is -0.379 e. The second kappa shape index (κ2) is 20.4. The molecular formula is C15H36O3Si. The molecule has 0 unspecified atom stereocenters. The zero-order chi connectivity index (χ0) is 14.8. The molecule has 0 aromatic heterocycles. The number of hydrogen-bond donors (Lipinski definition) is 0. The third-order valence-electron chi connectivity index (χ3n) is 3.03. The summed E-state index contributed by atoms with van der Waals surface area (Å²) in [6, 6.07) is 0. The van der Waals surface area contributed by atoms with Crippen LogP contribution in [0.5, 0.6) is 0 Å². The first kappa shape index (κ1) is 21.4. The smallest absolute Gasteiger partial charge is 0.379 e. The quantitative estimate of drug-likeness (QED) is 0.389. The SMILES string of the molecule is CCCCCCCCCCCC.CO[SiH](OC)OC. The zero-order valence-electron chi connectivity index (χ0n) is 13.9. The van der Waals surface area contributed by atoms with Gasteiger partial charge in [-0.05, 0) is 0 Å². The topological polar surface area (TPSA) is 27.7 Å². The highest BCUT2D eigenvalue weighted by atomic mass is 28.3. The third-order valence-corrected chi connectivity index (χ3v) is 4.19. The zero-order valence-corrected chi connectivity index (χ0v) is 15.0. The van der Waals surface area contributed by atoms with E-state index in [0.29, 0.717) is 0 Å². The van der Waals surface area contributed by atoms with Crippen molar-refractivity contribution in [3.05, 3.63) is 0 Å². The number of rotatable bonds is 12. The van der Waals surface area contributed by atoms with Crippen LogP contribution < -0.4 is 0 Å². The van der Waals surface area contributed by atoms with Gasteiger partial charge in [0, 0.05) is 21.3 Å². The van der Waals surface area contributed by atoms with Crippen LogP contribution in [0, 0.1) is 0 Å². The summed E-state index contributed by atoms with van der Waals surface area (Å²) in [7, 11) is 3.05. The van der Waals surface area contributed by atoms with E-state index in [9.17, 15) is 0 Å². The highest BCUT2D eigenvalue weighted by molar-refractivity contribution is 6.36. The van der Waals surface area contributed by atoms with E-state index in [-0.39, 0.29) is 0 Å². The molecule has 4 heteroatoms. The van der Waals surface area contributed by atoms with Gasteiger partial charge in [-0.1, -0.05) is 78.1 Å². The van der Waals surface area contributed by atoms with E-state index in [4.69, 9.17) is 13.3 Å². The molecule has 0 atom stereocenters. The van der Waals surface area contributed by atoms with Gasteiger partial charge in [-0.25, -0.2) is 0 Å². The van der Waals surface area contributed by atoms with E-state index >= 15 is 0 Å². The highest BCUT2D eigenvalue weighted by Gasteiger charge is 2.04. The normalized spacial score (nSPS) is 10.4. The second-order valence-corrected chi connectivity index (χ2v) is 6.82. The van der Waals surface area contributed by atoms with Crippen molar-refractivity contribution >= 4 is 9.53 Å². The lowest BCUT2D eigenvalue weighted by atomic mass is 10.1. The summed E-state index contributed by atoms with van der Waals surface area (Å²) in [4.78, 5) is 0. The van der Waals surface area contributed by atoms with E-state index in [0.717, 1.165) is 0 Å². The van der Waals surface area contributed by atoms with Crippen LogP contribution in [-0.2, 0) is 13.3 Å². The van der Waals surface area contributed by atoms with Crippen molar-refractivity contribution in [1.82, 2.24) is 0 Å². The minimum absolute atomic E-state index is 1.37. The Bertz CT molecular complexity index is 126. The Morgan fingerprint density at radius 1 is 0.526 bits per heavy atom. The van der Waals surface area contributed by atoms with Crippen LogP contribution in [0.4, 0.5) is 0 Å². The molecule has 0 rings (SSSR count). The lowest BCUT2D eigenvalue weighted by Crippen LogP contribution is -2.21. The summed E-state index contributed by atoms with van der Waals surface area (Å²) >= 11 is 0. The lowest BCUT2D eigenvalue weighted by Gasteiger charge is -2.05. The van der Waals surface area contributed by atoms with Crippen molar-refractivity contribution in [1.29, 1.82) is 0 Å². The first-order chi connectivity index (χ1) is 9.26. The van der Waals surface area contributed by atoms with E-state index < -0.39 is 9.53 Å². The van der Waals surface area contributed by atoms with Crippen LogP contribution >= 0.6 is 0 Å². The predicted molar refractivity (Wildman–Crippen MR) is 85.7 cm³/mol. The summed E-state index contributed by atoms with van der Waals surface area (Å²) in [5, 5.41) is 0. The van der Waals surface area contributed by atoms with Gasteiger partial charge in [0.25, 0.3) is 0 Å². The standard InChI is InChI=1S/C12H26.C3H10O3Si/c1-3-5-7-9-11-12-10-8-6-4-2;1-4-7(5-2)6-3/h3-12H2,1-2H3;7H,1-3H3. The van der Waals surface area contributed by atoms with Crippen molar-refractivity contribution in [2.75, 3.05) is 21.3 Å². The average molecular weight is 293 g/mol. The van der Waals surface area contributed by atoms with Gasteiger partial charge >= 0.3 is 9.53 Å². The van der Waals surface area contributed by atoms with Crippen molar-refractivity contribution in [3.63, 3.8) is 0 Å². The molecule has 0 radical (unpaired) electrons. The van der Waals surface area contributed by atoms with Crippen LogP contribution in [0.3, 0.4) is 0 Å². The first-order valence-electron chi connectivity index (χ1n) is 7.85. The average Bonchev–Trinajstić information content (AvgIpc) is 2.44. The van der Waals surface area contributed by atoms with Gasteiger partial charge in [-0.15, -0.1) is 0 Å². The Balaban J connectivity index is 0. The molecule has 3 nitrogen and oxygen atoms in total. The molecule has 0 bridgehead atoms. The Kier molecular flexibility index (Phi) is 23.0. The van der Waals surface area contributed by atoms with Crippen LogP contribution in [0.25, 0.3) is 0 Å². The molecule has 0 fully saturated rings. The maximum absolute atomic E-state index is 4.74. The molecular weight excluding hydrogens is 256 g/mol. The molecule has 0 saturated carbocycles. The molecule has 0 aliphatic rings. The van der Waals surface area contributed by atoms with E-state index in [2.05, 4.69) is 13.8 Å². The monoisotopic (exact) mass is 292 g/mol. The molecule has 0 saturated heterocycles. The van der Waals surface area contributed by atoms with Gasteiger partial charge in [0.1, 0.15) is 0 Å². The number of hydrogen-bond acceptors (Lipinski definition) is 3. The van der Waals surface area contributed by atoms with Gasteiger partial charge < -0.3 is 13.3 Å². The molecule has 0 spiro atoms.